The summed E-state index contributed by atoms with van der Waals surface area (Å²) in [6.45, 7) is 1.40. The lowest BCUT2D eigenvalue weighted by Gasteiger charge is -2.27. The molecule has 1 aliphatic heterocycles. The Balaban J connectivity index is 1.70. The lowest BCUT2D eigenvalue weighted by molar-refractivity contribution is 0.122. The van der Waals surface area contributed by atoms with Gasteiger partial charge in [-0.2, -0.15) is 5.26 Å². The Hall–Kier alpha value is -3.63. The first-order valence-electron chi connectivity index (χ1n) is 10.7. The number of anilines is 4. The third-order valence-electron chi connectivity index (χ3n) is 5.31. The van der Waals surface area contributed by atoms with E-state index in [2.05, 4.69) is 15.3 Å². The summed E-state index contributed by atoms with van der Waals surface area (Å²) in [7, 11) is -4.04. The summed E-state index contributed by atoms with van der Waals surface area (Å²) in [5, 5.41) is 12.4. The predicted octanol–water partition coefficient (Wildman–Crippen LogP) is 3.46. The number of ether oxygens (including phenoxy) is 1. The van der Waals surface area contributed by atoms with Gasteiger partial charge in [-0.05, 0) is 30.7 Å². The Bertz CT molecular complexity index is 1390. The van der Waals surface area contributed by atoms with Crippen molar-refractivity contribution in [2.75, 3.05) is 53.7 Å². The first-order chi connectivity index (χ1) is 16.8. The van der Waals surface area contributed by atoms with E-state index in [0.29, 0.717) is 37.6 Å². The molecule has 2 N–H and O–H groups in total. The number of morpholine rings is 1. The SMILES string of the molecule is N#Cc1c(Nc2c(F)ccc(NS(=O)(=O)CCCF)c2F)ccc2ncc(N3CCOCC3)nc12. The lowest BCUT2D eigenvalue weighted by atomic mass is 10.1. The average molecular weight is 507 g/mol. The molecule has 13 heteroatoms. The van der Waals surface area contributed by atoms with Crippen LogP contribution in [-0.4, -0.2) is 57.1 Å². The quantitative estimate of drug-likeness (QED) is 0.477. The van der Waals surface area contributed by atoms with E-state index in [9.17, 15) is 22.5 Å². The van der Waals surface area contributed by atoms with Crippen LogP contribution in [0.1, 0.15) is 12.0 Å². The average Bonchev–Trinajstić information content (AvgIpc) is 2.87. The molecule has 1 fully saturated rings. The number of aromatic nitrogens is 2. The van der Waals surface area contributed by atoms with Crippen molar-refractivity contribution in [3.05, 3.63) is 47.7 Å². The molecule has 0 saturated carbocycles. The topological polar surface area (TPSA) is 120 Å². The molecule has 9 nitrogen and oxygen atoms in total. The highest BCUT2D eigenvalue weighted by Crippen LogP contribution is 2.33. The van der Waals surface area contributed by atoms with Gasteiger partial charge in [0.25, 0.3) is 0 Å². The molecule has 3 aromatic rings. The smallest absolute Gasteiger partial charge is 0.232 e. The molecule has 0 radical (unpaired) electrons. The summed E-state index contributed by atoms with van der Waals surface area (Å²) in [5.41, 5.74) is -0.448. The molecule has 0 atom stereocenters. The number of nitrogens with zero attached hydrogens (tertiary/aromatic N) is 4. The van der Waals surface area contributed by atoms with Gasteiger partial charge in [0.05, 0.1) is 48.7 Å². The first kappa shape index (κ1) is 24.5. The predicted molar refractivity (Wildman–Crippen MR) is 125 cm³/mol. The number of nitrogens with one attached hydrogen (secondary N) is 2. The zero-order valence-corrected chi connectivity index (χ0v) is 19.2. The summed E-state index contributed by atoms with van der Waals surface area (Å²) in [5.74, 6) is -2.25. The van der Waals surface area contributed by atoms with Gasteiger partial charge >= 0.3 is 0 Å². The van der Waals surface area contributed by atoms with E-state index in [4.69, 9.17) is 4.74 Å². The van der Waals surface area contributed by atoms with E-state index >= 15 is 4.39 Å². The van der Waals surface area contributed by atoms with Crippen molar-refractivity contribution in [2.45, 2.75) is 6.42 Å². The van der Waals surface area contributed by atoms with Crippen LogP contribution in [0.15, 0.2) is 30.5 Å². The fraction of sp³-hybridized carbons (Fsp3) is 0.318. The molecule has 0 unspecified atom stereocenters. The van der Waals surface area contributed by atoms with Gasteiger partial charge in [0, 0.05) is 13.1 Å². The molecule has 1 aliphatic rings. The second-order valence-electron chi connectivity index (χ2n) is 7.67. The van der Waals surface area contributed by atoms with E-state index in [0.717, 1.165) is 12.1 Å². The number of alkyl halides is 1. The Morgan fingerprint density at radius 3 is 2.60 bits per heavy atom. The monoisotopic (exact) mass is 506 g/mol. The highest BCUT2D eigenvalue weighted by atomic mass is 32.2. The highest BCUT2D eigenvalue weighted by molar-refractivity contribution is 7.92. The summed E-state index contributed by atoms with van der Waals surface area (Å²) < 4.78 is 73.4. The van der Waals surface area contributed by atoms with Gasteiger partial charge in [0.1, 0.15) is 34.5 Å². The largest absolute Gasteiger partial charge is 0.378 e. The number of sulfonamides is 1. The normalized spacial score (nSPS) is 14.1. The Kier molecular flexibility index (Phi) is 7.23. The van der Waals surface area contributed by atoms with Crippen LogP contribution in [0.2, 0.25) is 0 Å². The second-order valence-corrected chi connectivity index (χ2v) is 9.51. The number of fused-ring (bicyclic) bond motifs is 1. The number of hydrogen-bond donors (Lipinski definition) is 2. The Labute approximate surface area is 199 Å². The number of rotatable bonds is 8. The molecular formula is C22H21F3N6O3S. The van der Waals surface area contributed by atoms with E-state index in [1.165, 1.54) is 6.07 Å². The first-order valence-corrected chi connectivity index (χ1v) is 12.3. The van der Waals surface area contributed by atoms with Gasteiger partial charge < -0.3 is 15.0 Å². The Morgan fingerprint density at radius 2 is 1.89 bits per heavy atom. The maximum absolute atomic E-state index is 15.1. The zero-order chi connectivity index (χ0) is 25.0. The second kappa shape index (κ2) is 10.3. The third kappa shape index (κ3) is 5.39. The van der Waals surface area contributed by atoms with E-state index in [1.807, 2.05) is 15.7 Å². The van der Waals surface area contributed by atoms with Crippen LogP contribution in [0.25, 0.3) is 11.0 Å². The lowest BCUT2D eigenvalue weighted by Crippen LogP contribution is -2.36. The molecule has 2 aromatic carbocycles. The van der Waals surface area contributed by atoms with Gasteiger partial charge in [0.15, 0.2) is 5.82 Å². The summed E-state index contributed by atoms with van der Waals surface area (Å²) in [4.78, 5) is 10.9. The highest BCUT2D eigenvalue weighted by Gasteiger charge is 2.21. The zero-order valence-electron chi connectivity index (χ0n) is 18.4. The number of benzene rings is 2. The van der Waals surface area contributed by atoms with Crippen molar-refractivity contribution in [1.29, 1.82) is 5.26 Å². The van der Waals surface area contributed by atoms with Crippen molar-refractivity contribution < 1.29 is 26.3 Å². The maximum atomic E-state index is 15.1. The minimum absolute atomic E-state index is 0.0119. The van der Waals surface area contributed by atoms with Crippen molar-refractivity contribution in [3.8, 4) is 6.07 Å². The van der Waals surface area contributed by atoms with Crippen LogP contribution in [0.5, 0.6) is 0 Å². The van der Waals surface area contributed by atoms with Crippen molar-refractivity contribution in [2.24, 2.45) is 0 Å². The third-order valence-corrected chi connectivity index (χ3v) is 6.67. The minimum Gasteiger partial charge on any atom is -0.378 e. The number of halogens is 3. The fourth-order valence-corrected chi connectivity index (χ4v) is 4.66. The molecule has 35 heavy (non-hydrogen) atoms. The number of nitriles is 1. The maximum Gasteiger partial charge on any atom is 0.232 e. The summed E-state index contributed by atoms with van der Waals surface area (Å²) >= 11 is 0. The van der Waals surface area contributed by atoms with E-state index in [1.54, 1.807) is 12.3 Å². The molecule has 2 heterocycles. The van der Waals surface area contributed by atoms with Crippen LogP contribution in [0.4, 0.5) is 36.1 Å². The molecular weight excluding hydrogens is 485 g/mol. The molecule has 1 aromatic heterocycles. The van der Waals surface area contributed by atoms with Crippen LogP contribution >= 0.6 is 0 Å². The summed E-state index contributed by atoms with van der Waals surface area (Å²) in [6.07, 6.45) is 1.32. The van der Waals surface area contributed by atoms with Gasteiger partial charge in [-0.25, -0.2) is 22.2 Å². The van der Waals surface area contributed by atoms with E-state index in [-0.39, 0.29) is 23.2 Å². The van der Waals surface area contributed by atoms with Gasteiger partial charge in [-0.15, -0.1) is 0 Å². The molecule has 0 amide bonds. The van der Waals surface area contributed by atoms with Crippen LogP contribution in [0.3, 0.4) is 0 Å². The van der Waals surface area contributed by atoms with Crippen LogP contribution in [-0.2, 0) is 14.8 Å². The van der Waals surface area contributed by atoms with E-state index < -0.39 is 45.5 Å². The molecule has 4 rings (SSSR count). The van der Waals surface area contributed by atoms with Crippen molar-refractivity contribution in [3.63, 3.8) is 0 Å². The molecule has 0 aliphatic carbocycles. The van der Waals surface area contributed by atoms with Crippen molar-refractivity contribution >= 4 is 43.9 Å². The van der Waals surface area contributed by atoms with Crippen molar-refractivity contribution in [1.82, 2.24) is 9.97 Å². The van der Waals surface area contributed by atoms with Gasteiger partial charge in [-0.1, -0.05) is 0 Å². The molecule has 0 spiro atoms. The molecule has 184 valence electrons. The number of hydrogen-bond acceptors (Lipinski definition) is 8. The molecule has 0 bridgehead atoms. The summed E-state index contributed by atoms with van der Waals surface area (Å²) in [6, 6.07) is 6.79. The fourth-order valence-electron chi connectivity index (χ4n) is 3.57. The van der Waals surface area contributed by atoms with Crippen LogP contribution in [0, 0.1) is 23.0 Å². The standard InChI is InChI=1S/C22H21F3N6O3S/c23-6-1-11-35(32,33)30-17-3-2-15(24)22(20(17)25)28-16-4-5-18-21(14(16)12-26)29-19(13-27-18)31-7-9-34-10-8-31/h2-5,13,28,30H,1,6-11H2. The Morgan fingerprint density at radius 1 is 1.14 bits per heavy atom. The van der Waals surface area contributed by atoms with Gasteiger partial charge in [0.2, 0.25) is 10.0 Å². The van der Waals surface area contributed by atoms with Crippen LogP contribution < -0.4 is 14.9 Å². The minimum atomic E-state index is -4.04. The van der Waals surface area contributed by atoms with Gasteiger partial charge in [-0.3, -0.25) is 14.1 Å². The molecule has 1 saturated heterocycles.